The lowest BCUT2D eigenvalue weighted by atomic mass is 9.97. The van der Waals surface area contributed by atoms with Gasteiger partial charge in [0.1, 0.15) is 11.5 Å². The van der Waals surface area contributed by atoms with E-state index in [-0.39, 0.29) is 11.8 Å². The maximum absolute atomic E-state index is 12.9. The quantitative estimate of drug-likeness (QED) is 0.590. The van der Waals surface area contributed by atoms with Crippen molar-refractivity contribution in [2.45, 2.75) is 25.7 Å². The number of carbonyl (C=O) groups is 1. The van der Waals surface area contributed by atoms with Gasteiger partial charge in [-0.2, -0.15) is 0 Å². The zero-order valence-corrected chi connectivity index (χ0v) is 15.3. The number of rotatable bonds is 2. The third-order valence-electron chi connectivity index (χ3n) is 5.14. The highest BCUT2D eigenvalue weighted by Gasteiger charge is 2.28. The molecule has 1 saturated heterocycles. The van der Waals surface area contributed by atoms with Crippen molar-refractivity contribution in [2.24, 2.45) is 0 Å². The van der Waals surface area contributed by atoms with Gasteiger partial charge in [-0.25, -0.2) is 9.97 Å². The summed E-state index contributed by atoms with van der Waals surface area (Å²) in [4.78, 5) is 28.4. The molecule has 0 saturated carbocycles. The Hall–Kier alpha value is -2.67. The summed E-state index contributed by atoms with van der Waals surface area (Å²) in [6.07, 6.45) is 5.78. The molecule has 0 radical (unpaired) electrons. The van der Waals surface area contributed by atoms with Gasteiger partial charge in [-0.15, -0.1) is 11.3 Å². The van der Waals surface area contributed by atoms with Gasteiger partial charge in [0.25, 0.3) is 5.91 Å². The molecule has 1 fully saturated rings. The first-order chi connectivity index (χ1) is 12.7. The van der Waals surface area contributed by atoms with Crippen molar-refractivity contribution in [2.75, 3.05) is 13.1 Å². The van der Waals surface area contributed by atoms with Crippen LogP contribution in [-0.4, -0.2) is 43.2 Å². The molecule has 1 amide bonds. The lowest BCUT2D eigenvalue weighted by Gasteiger charge is -2.31. The molecule has 0 bridgehead atoms. The smallest absolute Gasteiger partial charge is 0.274 e. The highest BCUT2D eigenvalue weighted by atomic mass is 32.1. The minimum Gasteiger partial charge on any atom is -0.342 e. The number of nitrogens with one attached hydrogen (secondary N) is 1. The second-order valence-corrected chi connectivity index (χ2v) is 7.78. The number of benzene rings is 1. The van der Waals surface area contributed by atoms with Crippen LogP contribution in [0.3, 0.4) is 0 Å². The van der Waals surface area contributed by atoms with Gasteiger partial charge in [0.15, 0.2) is 4.96 Å². The van der Waals surface area contributed by atoms with Crippen LogP contribution in [0, 0.1) is 6.92 Å². The number of aryl methyl sites for hydroxylation is 1. The predicted octanol–water partition coefficient (Wildman–Crippen LogP) is 3.60. The van der Waals surface area contributed by atoms with Gasteiger partial charge >= 0.3 is 0 Å². The Morgan fingerprint density at radius 1 is 1.35 bits per heavy atom. The van der Waals surface area contributed by atoms with Crippen molar-refractivity contribution >= 4 is 33.2 Å². The molecule has 26 heavy (non-hydrogen) atoms. The largest absolute Gasteiger partial charge is 0.342 e. The summed E-state index contributed by atoms with van der Waals surface area (Å²) in [6.45, 7) is 3.54. The molecular formula is C19H19N5OS. The number of para-hydroxylation sites is 1. The Kier molecular flexibility index (Phi) is 3.56. The number of amides is 1. The van der Waals surface area contributed by atoms with Crippen LogP contribution in [0.5, 0.6) is 0 Å². The van der Waals surface area contributed by atoms with Crippen molar-refractivity contribution in [1.29, 1.82) is 0 Å². The summed E-state index contributed by atoms with van der Waals surface area (Å²) in [5.74, 6) is 1.23. The minimum absolute atomic E-state index is 0.0119. The highest BCUT2D eigenvalue weighted by molar-refractivity contribution is 7.15. The molecular weight excluding hydrogens is 346 g/mol. The number of H-pyrrole nitrogens is 1. The molecule has 6 nitrogen and oxygen atoms in total. The normalized spacial score (nSPS) is 18.0. The Balaban J connectivity index is 1.40. The Morgan fingerprint density at radius 2 is 2.27 bits per heavy atom. The highest BCUT2D eigenvalue weighted by Crippen LogP contribution is 2.28. The number of aromatic amines is 1. The third-order valence-corrected chi connectivity index (χ3v) is 5.91. The number of nitrogens with zero attached hydrogens (tertiary/aromatic N) is 4. The Bertz CT molecular complexity index is 1080. The van der Waals surface area contributed by atoms with Crippen LogP contribution in [0.15, 0.2) is 36.0 Å². The molecule has 0 aliphatic carbocycles. The van der Waals surface area contributed by atoms with Crippen molar-refractivity contribution in [1.82, 2.24) is 24.3 Å². The first-order valence-corrected chi connectivity index (χ1v) is 9.74. The molecule has 1 aromatic carbocycles. The van der Waals surface area contributed by atoms with E-state index < -0.39 is 0 Å². The molecule has 1 N–H and O–H groups in total. The van der Waals surface area contributed by atoms with Crippen LogP contribution < -0.4 is 0 Å². The Morgan fingerprint density at radius 3 is 3.12 bits per heavy atom. The fourth-order valence-electron chi connectivity index (χ4n) is 3.77. The van der Waals surface area contributed by atoms with Crippen LogP contribution in [0.25, 0.3) is 16.0 Å². The Labute approximate surface area is 154 Å². The molecule has 0 unspecified atom stereocenters. The number of likely N-dealkylation sites (tertiary alicyclic amines) is 1. The van der Waals surface area contributed by atoms with Gasteiger partial charge in [-0.3, -0.25) is 9.20 Å². The molecule has 132 valence electrons. The van der Waals surface area contributed by atoms with Gasteiger partial charge in [0, 0.05) is 36.8 Å². The lowest BCUT2D eigenvalue weighted by Crippen LogP contribution is -2.39. The van der Waals surface area contributed by atoms with Gasteiger partial charge in [-0.05, 0) is 31.4 Å². The number of aromatic nitrogens is 4. The van der Waals surface area contributed by atoms with E-state index in [1.807, 2.05) is 33.1 Å². The monoisotopic (exact) mass is 365 g/mol. The van der Waals surface area contributed by atoms with Gasteiger partial charge in [-0.1, -0.05) is 12.1 Å². The van der Waals surface area contributed by atoms with E-state index in [1.165, 1.54) is 16.9 Å². The van der Waals surface area contributed by atoms with Crippen molar-refractivity contribution < 1.29 is 4.79 Å². The first-order valence-electron chi connectivity index (χ1n) is 8.86. The number of hydrogen-bond acceptors (Lipinski definition) is 4. The second kappa shape index (κ2) is 5.95. The maximum Gasteiger partial charge on any atom is 0.274 e. The summed E-state index contributed by atoms with van der Waals surface area (Å²) < 4.78 is 1.90. The van der Waals surface area contributed by atoms with E-state index in [0.717, 1.165) is 41.2 Å². The van der Waals surface area contributed by atoms with E-state index in [2.05, 4.69) is 29.0 Å². The molecule has 0 spiro atoms. The van der Waals surface area contributed by atoms with E-state index in [9.17, 15) is 4.79 Å². The number of imidazole rings is 2. The number of carbonyl (C=O) groups excluding carboxylic acids is 1. The van der Waals surface area contributed by atoms with E-state index in [4.69, 9.17) is 4.98 Å². The SMILES string of the molecule is Cc1cccc2[nH]c([C@H]3CCCN(C(=O)c4cn5ccsc5n4)C3)nc12. The van der Waals surface area contributed by atoms with Crippen LogP contribution in [-0.2, 0) is 0 Å². The zero-order chi connectivity index (χ0) is 17.7. The molecule has 1 aliphatic heterocycles. The summed E-state index contributed by atoms with van der Waals surface area (Å²) in [5.41, 5.74) is 3.79. The average molecular weight is 365 g/mol. The number of piperidine rings is 1. The molecule has 7 heteroatoms. The maximum atomic E-state index is 12.9. The number of thiazole rings is 1. The fraction of sp³-hybridized carbons (Fsp3) is 0.316. The molecule has 3 aromatic heterocycles. The van der Waals surface area contributed by atoms with Gasteiger partial charge < -0.3 is 9.88 Å². The van der Waals surface area contributed by atoms with Gasteiger partial charge in [0.2, 0.25) is 0 Å². The average Bonchev–Trinajstić information content (AvgIpc) is 3.35. The topological polar surface area (TPSA) is 66.3 Å². The van der Waals surface area contributed by atoms with E-state index in [0.29, 0.717) is 12.2 Å². The lowest BCUT2D eigenvalue weighted by molar-refractivity contribution is 0.0699. The van der Waals surface area contributed by atoms with Crippen LogP contribution in [0.2, 0.25) is 0 Å². The fourth-order valence-corrected chi connectivity index (χ4v) is 4.47. The van der Waals surface area contributed by atoms with Gasteiger partial charge in [0.05, 0.1) is 11.0 Å². The second-order valence-electron chi connectivity index (χ2n) is 6.90. The van der Waals surface area contributed by atoms with Crippen molar-refractivity contribution in [3.63, 3.8) is 0 Å². The van der Waals surface area contributed by atoms with Crippen LogP contribution in [0.1, 0.15) is 40.6 Å². The predicted molar refractivity (Wildman–Crippen MR) is 102 cm³/mol. The standard InChI is InChI=1S/C19H19N5OS/c1-12-4-2-6-14-16(12)22-17(20-14)13-5-3-7-23(10-13)18(25)15-11-24-8-9-26-19(24)21-15/h2,4,6,8-9,11,13H,3,5,7,10H2,1H3,(H,20,22)/t13-/m0/s1. The number of fused-ring (bicyclic) bond motifs is 2. The third kappa shape index (κ3) is 2.50. The van der Waals surface area contributed by atoms with Crippen molar-refractivity contribution in [3.8, 4) is 0 Å². The molecule has 4 heterocycles. The summed E-state index contributed by atoms with van der Waals surface area (Å²) >= 11 is 1.54. The van der Waals surface area contributed by atoms with E-state index >= 15 is 0 Å². The summed E-state index contributed by atoms with van der Waals surface area (Å²) in [6, 6.07) is 6.18. The first kappa shape index (κ1) is 15.6. The molecule has 1 aliphatic rings. The molecule has 1 atom stereocenters. The summed E-state index contributed by atoms with van der Waals surface area (Å²) in [5, 5.41) is 1.97. The van der Waals surface area contributed by atoms with Crippen LogP contribution >= 0.6 is 11.3 Å². The van der Waals surface area contributed by atoms with Crippen molar-refractivity contribution in [3.05, 3.63) is 53.1 Å². The summed E-state index contributed by atoms with van der Waals surface area (Å²) in [7, 11) is 0. The van der Waals surface area contributed by atoms with E-state index in [1.54, 1.807) is 0 Å². The number of hydrogen-bond donors (Lipinski definition) is 1. The zero-order valence-electron chi connectivity index (χ0n) is 14.5. The van der Waals surface area contributed by atoms with Crippen LogP contribution in [0.4, 0.5) is 0 Å². The molecule has 5 rings (SSSR count). The minimum atomic E-state index is 0.0119. The molecule has 4 aromatic rings.